The molecule has 2 rings (SSSR count). The van der Waals surface area contributed by atoms with Crippen molar-refractivity contribution in [2.45, 2.75) is 25.4 Å². The van der Waals surface area contributed by atoms with Gasteiger partial charge in [0.1, 0.15) is 6.07 Å². The van der Waals surface area contributed by atoms with Crippen molar-refractivity contribution in [2.75, 3.05) is 12.3 Å². The third-order valence-corrected chi connectivity index (χ3v) is 2.47. The number of hydrogen-bond donors (Lipinski definition) is 1. The maximum absolute atomic E-state index is 8.66. The van der Waals surface area contributed by atoms with E-state index < -0.39 is 0 Å². The largest absolute Gasteiger partial charge is 0.424 e. The van der Waals surface area contributed by atoms with Gasteiger partial charge in [-0.15, -0.1) is 0 Å². The van der Waals surface area contributed by atoms with Crippen molar-refractivity contribution in [3.8, 4) is 6.07 Å². The lowest BCUT2D eigenvalue weighted by molar-refractivity contribution is 0.114. The summed E-state index contributed by atoms with van der Waals surface area (Å²) in [6.07, 6.45) is 0.950. The van der Waals surface area contributed by atoms with Crippen LogP contribution in [0, 0.1) is 11.3 Å². The van der Waals surface area contributed by atoms with Crippen LogP contribution in [0.4, 0.5) is 5.88 Å². The van der Waals surface area contributed by atoms with Gasteiger partial charge >= 0.3 is 0 Å². The molecule has 1 saturated heterocycles. The van der Waals surface area contributed by atoms with E-state index in [2.05, 4.69) is 4.98 Å². The van der Waals surface area contributed by atoms with Gasteiger partial charge in [0, 0.05) is 6.61 Å². The van der Waals surface area contributed by atoms with Gasteiger partial charge in [0.05, 0.1) is 12.0 Å². The van der Waals surface area contributed by atoms with E-state index in [0.29, 0.717) is 12.5 Å². The average molecular weight is 193 g/mol. The van der Waals surface area contributed by atoms with Crippen molar-refractivity contribution >= 4 is 5.88 Å². The number of oxazole rings is 1. The van der Waals surface area contributed by atoms with E-state index in [-0.39, 0.29) is 23.6 Å². The third-order valence-electron chi connectivity index (χ3n) is 2.47. The molecule has 0 bridgehead atoms. The molecule has 1 aliphatic rings. The van der Waals surface area contributed by atoms with Crippen LogP contribution >= 0.6 is 0 Å². The maximum atomic E-state index is 8.66. The minimum atomic E-state index is 0.0830. The first-order chi connectivity index (χ1) is 6.72. The number of nitrogen functional groups attached to an aromatic ring is 1. The van der Waals surface area contributed by atoms with Crippen LogP contribution in [0.5, 0.6) is 0 Å². The van der Waals surface area contributed by atoms with E-state index in [9.17, 15) is 0 Å². The summed E-state index contributed by atoms with van der Waals surface area (Å²) < 4.78 is 10.6. The fourth-order valence-corrected chi connectivity index (χ4v) is 1.64. The Balaban J connectivity index is 2.29. The molecule has 1 aromatic rings. The highest BCUT2D eigenvalue weighted by Gasteiger charge is 2.30. The zero-order valence-electron chi connectivity index (χ0n) is 7.86. The lowest BCUT2D eigenvalue weighted by Crippen LogP contribution is -2.09. The van der Waals surface area contributed by atoms with Gasteiger partial charge in [0.15, 0.2) is 0 Å². The highest BCUT2D eigenvalue weighted by molar-refractivity contribution is 5.41. The van der Waals surface area contributed by atoms with Gasteiger partial charge < -0.3 is 14.9 Å². The molecule has 0 amide bonds. The fraction of sp³-hybridized carbons (Fsp3) is 0.556. The quantitative estimate of drug-likeness (QED) is 0.719. The van der Waals surface area contributed by atoms with Crippen molar-refractivity contribution in [3.63, 3.8) is 0 Å². The number of ether oxygens (including phenoxy) is 1. The van der Waals surface area contributed by atoms with Gasteiger partial charge in [-0.2, -0.15) is 5.26 Å². The van der Waals surface area contributed by atoms with Gasteiger partial charge in [-0.05, 0) is 13.3 Å². The zero-order chi connectivity index (χ0) is 10.1. The molecule has 2 atom stereocenters. The number of anilines is 1. The van der Waals surface area contributed by atoms with Crippen molar-refractivity contribution in [1.29, 1.82) is 5.26 Å². The monoisotopic (exact) mass is 193 g/mol. The predicted octanol–water partition coefficient (Wildman–Crippen LogP) is 1.02. The Kier molecular flexibility index (Phi) is 2.14. The number of nitriles is 1. The summed E-state index contributed by atoms with van der Waals surface area (Å²) in [6.45, 7) is 2.67. The van der Waals surface area contributed by atoms with Crippen molar-refractivity contribution in [3.05, 3.63) is 11.6 Å². The molecule has 0 aliphatic carbocycles. The highest BCUT2D eigenvalue weighted by atomic mass is 16.5. The first-order valence-electron chi connectivity index (χ1n) is 4.50. The number of hydrogen-bond acceptors (Lipinski definition) is 5. The van der Waals surface area contributed by atoms with Gasteiger partial charge in [0.2, 0.25) is 17.5 Å². The van der Waals surface area contributed by atoms with Crippen LogP contribution in [-0.2, 0) is 4.74 Å². The SMILES string of the molecule is CC1OCCC1c1nc(C#N)c(N)o1. The maximum Gasteiger partial charge on any atom is 0.229 e. The van der Waals surface area contributed by atoms with Gasteiger partial charge in [-0.1, -0.05) is 0 Å². The summed E-state index contributed by atoms with van der Waals surface area (Å²) in [5, 5.41) is 8.66. The standard InChI is InChI=1S/C9H11N3O2/c1-5-6(2-3-13-5)9-12-7(4-10)8(11)14-9/h5-6H,2-3,11H2,1H3. The molecule has 0 saturated carbocycles. The number of nitrogens with two attached hydrogens (primary N) is 1. The van der Waals surface area contributed by atoms with Crippen molar-refractivity contribution < 1.29 is 9.15 Å². The lowest BCUT2D eigenvalue weighted by Gasteiger charge is -2.08. The molecule has 5 nitrogen and oxygen atoms in total. The molecule has 2 heterocycles. The molecule has 0 radical (unpaired) electrons. The predicted molar refractivity (Wildman–Crippen MR) is 48.4 cm³/mol. The number of nitrogens with zero attached hydrogens (tertiary/aromatic N) is 2. The Bertz CT molecular complexity index is 380. The molecular weight excluding hydrogens is 182 g/mol. The second kappa shape index (κ2) is 3.31. The van der Waals surface area contributed by atoms with Crippen LogP contribution in [-0.4, -0.2) is 17.7 Å². The molecule has 0 aromatic carbocycles. The molecule has 0 spiro atoms. The molecule has 1 aliphatic heterocycles. The van der Waals surface area contributed by atoms with Gasteiger partial charge in [-0.25, -0.2) is 4.98 Å². The molecular formula is C9H11N3O2. The zero-order valence-corrected chi connectivity index (χ0v) is 7.86. The normalized spacial score (nSPS) is 26.3. The summed E-state index contributed by atoms with van der Waals surface area (Å²) >= 11 is 0. The second-order valence-corrected chi connectivity index (χ2v) is 3.35. The summed E-state index contributed by atoms with van der Waals surface area (Å²) in [7, 11) is 0. The van der Waals surface area contributed by atoms with E-state index in [1.807, 2.05) is 13.0 Å². The van der Waals surface area contributed by atoms with Crippen LogP contribution in [0.1, 0.15) is 30.8 Å². The van der Waals surface area contributed by atoms with Crippen LogP contribution in [0.3, 0.4) is 0 Å². The van der Waals surface area contributed by atoms with E-state index in [1.54, 1.807) is 0 Å². The van der Waals surface area contributed by atoms with E-state index in [1.165, 1.54) is 0 Å². The number of rotatable bonds is 1. The van der Waals surface area contributed by atoms with Crippen molar-refractivity contribution in [1.82, 2.24) is 4.98 Å². The summed E-state index contributed by atoms with van der Waals surface area (Å²) in [5.41, 5.74) is 5.64. The second-order valence-electron chi connectivity index (χ2n) is 3.35. The van der Waals surface area contributed by atoms with Crippen LogP contribution in [0.15, 0.2) is 4.42 Å². The fourth-order valence-electron chi connectivity index (χ4n) is 1.64. The molecule has 5 heteroatoms. The minimum Gasteiger partial charge on any atom is -0.424 e. The van der Waals surface area contributed by atoms with E-state index >= 15 is 0 Å². The topological polar surface area (TPSA) is 85.1 Å². The lowest BCUT2D eigenvalue weighted by atomic mass is 10.0. The highest BCUT2D eigenvalue weighted by Crippen LogP contribution is 2.31. The molecule has 1 aromatic heterocycles. The van der Waals surface area contributed by atoms with Crippen LogP contribution in [0.2, 0.25) is 0 Å². The van der Waals surface area contributed by atoms with Crippen LogP contribution < -0.4 is 5.73 Å². The average Bonchev–Trinajstić information content (AvgIpc) is 2.71. The van der Waals surface area contributed by atoms with E-state index in [0.717, 1.165) is 6.42 Å². The number of aromatic nitrogens is 1. The molecule has 74 valence electrons. The Morgan fingerprint density at radius 2 is 2.43 bits per heavy atom. The molecule has 2 N–H and O–H groups in total. The summed E-state index contributed by atoms with van der Waals surface area (Å²) in [5.74, 6) is 0.741. The molecule has 14 heavy (non-hydrogen) atoms. The van der Waals surface area contributed by atoms with E-state index in [4.69, 9.17) is 20.1 Å². The smallest absolute Gasteiger partial charge is 0.229 e. The van der Waals surface area contributed by atoms with Crippen molar-refractivity contribution in [2.24, 2.45) is 0 Å². The first kappa shape index (κ1) is 9.03. The summed E-state index contributed by atoms with van der Waals surface area (Å²) in [4.78, 5) is 4.03. The Morgan fingerprint density at radius 3 is 2.93 bits per heavy atom. The Morgan fingerprint density at radius 1 is 1.64 bits per heavy atom. The molecule has 2 unspecified atom stereocenters. The minimum absolute atomic E-state index is 0.0830. The Hall–Kier alpha value is -1.54. The summed E-state index contributed by atoms with van der Waals surface area (Å²) in [6, 6.07) is 1.88. The Labute approximate surface area is 81.5 Å². The molecule has 1 fully saturated rings. The van der Waals surface area contributed by atoms with Crippen LogP contribution in [0.25, 0.3) is 0 Å². The first-order valence-corrected chi connectivity index (χ1v) is 4.50. The third kappa shape index (κ3) is 1.34. The van der Waals surface area contributed by atoms with Gasteiger partial charge in [0.25, 0.3) is 0 Å². The van der Waals surface area contributed by atoms with Gasteiger partial charge in [-0.3, -0.25) is 0 Å².